The van der Waals surface area contributed by atoms with Crippen molar-refractivity contribution in [2.75, 3.05) is 0 Å². The standard InChI is InChI=1S/C11H20N2/c1-8-7-11(12)13-10-6-4-2-3-5-9(8)10/h8-10H,2-7H2,1H3,(H2,12,13)/t8-,9-,10-/m1/s1. The predicted molar refractivity (Wildman–Crippen MR) is 55.8 cm³/mol. The topological polar surface area (TPSA) is 38.4 Å². The van der Waals surface area contributed by atoms with Crippen molar-refractivity contribution >= 4 is 5.84 Å². The molecule has 1 aliphatic carbocycles. The van der Waals surface area contributed by atoms with Crippen LogP contribution in [0.4, 0.5) is 0 Å². The lowest BCUT2D eigenvalue weighted by atomic mass is 9.80. The summed E-state index contributed by atoms with van der Waals surface area (Å²) in [6, 6.07) is 0.561. The maximum absolute atomic E-state index is 5.83. The molecule has 2 heteroatoms. The minimum atomic E-state index is 0.561. The Hall–Kier alpha value is -0.530. The van der Waals surface area contributed by atoms with Crippen molar-refractivity contribution in [1.82, 2.24) is 0 Å². The van der Waals surface area contributed by atoms with E-state index < -0.39 is 0 Å². The van der Waals surface area contributed by atoms with E-state index in [1.807, 2.05) is 0 Å². The molecule has 0 aromatic rings. The second-order valence-electron chi connectivity index (χ2n) is 4.67. The molecular formula is C11H20N2. The molecule has 1 heterocycles. The second-order valence-corrected chi connectivity index (χ2v) is 4.67. The number of rotatable bonds is 0. The molecule has 1 aliphatic heterocycles. The van der Waals surface area contributed by atoms with E-state index in [9.17, 15) is 0 Å². The van der Waals surface area contributed by atoms with Crippen LogP contribution in [0.25, 0.3) is 0 Å². The zero-order chi connectivity index (χ0) is 9.26. The zero-order valence-electron chi connectivity index (χ0n) is 8.50. The number of amidine groups is 1. The maximum atomic E-state index is 5.83. The molecule has 0 aromatic heterocycles. The van der Waals surface area contributed by atoms with Gasteiger partial charge in [0.15, 0.2) is 0 Å². The van der Waals surface area contributed by atoms with Gasteiger partial charge in [-0.25, -0.2) is 0 Å². The summed E-state index contributed by atoms with van der Waals surface area (Å²) >= 11 is 0. The molecule has 2 rings (SSSR count). The highest BCUT2D eigenvalue weighted by Crippen LogP contribution is 2.35. The van der Waals surface area contributed by atoms with E-state index in [1.165, 1.54) is 32.1 Å². The third kappa shape index (κ3) is 1.87. The van der Waals surface area contributed by atoms with E-state index in [0.29, 0.717) is 6.04 Å². The largest absolute Gasteiger partial charge is 0.387 e. The zero-order valence-corrected chi connectivity index (χ0v) is 8.50. The van der Waals surface area contributed by atoms with Crippen LogP contribution >= 0.6 is 0 Å². The van der Waals surface area contributed by atoms with Crippen LogP contribution in [0.3, 0.4) is 0 Å². The normalized spacial score (nSPS) is 40.4. The van der Waals surface area contributed by atoms with E-state index in [4.69, 9.17) is 5.73 Å². The summed E-state index contributed by atoms with van der Waals surface area (Å²) in [4.78, 5) is 4.61. The third-order valence-corrected chi connectivity index (χ3v) is 3.63. The van der Waals surface area contributed by atoms with Crippen molar-refractivity contribution in [3.63, 3.8) is 0 Å². The molecule has 0 radical (unpaired) electrons. The van der Waals surface area contributed by atoms with Crippen LogP contribution in [0.15, 0.2) is 4.99 Å². The summed E-state index contributed by atoms with van der Waals surface area (Å²) in [6.45, 7) is 2.34. The molecule has 0 spiro atoms. The van der Waals surface area contributed by atoms with Gasteiger partial charge in [-0.15, -0.1) is 0 Å². The molecule has 0 aromatic carbocycles. The number of aliphatic imine (C=N–C) groups is 1. The van der Waals surface area contributed by atoms with Gasteiger partial charge in [0.25, 0.3) is 0 Å². The van der Waals surface area contributed by atoms with Gasteiger partial charge in [-0.3, -0.25) is 4.99 Å². The van der Waals surface area contributed by atoms with Crippen molar-refractivity contribution in [2.24, 2.45) is 22.6 Å². The van der Waals surface area contributed by atoms with E-state index in [2.05, 4.69) is 11.9 Å². The summed E-state index contributed by atoms with van der Waals surface area (Å²) in [5.41, 5.74) is 5.83. The highest BCUT2D eigenvalue weighted by atomic mass is 14.9. The van der Waals surface area contributed by atoms with Gasteiger partial charge in [0, 0.05) is 6.42 Å². The van der Waals surface area contributed by atoms with Crippen LogP contribution in [-0.2, 0) is 0 Å². The third-order valence-electron chi connectivity index (χ3n) is 3.63. The number of hydrogen-bond acceptors (Lipinski definition) is 2. The van der Waals surface area contributed by atoms with Crippen LogP contribution < -0.4 is 5.73 Å². The number of hydrogen-bond donors (Lipinski definition) is 1. The first-order valence-corrected chi connectivity index (χ1v) is 5.59. The fraction of sp³-hybridized carbons (Fsp3) is 0.909. The van der Waals surface area contributed by atoms with Crippen molar-refractivity contribution in [3.8, 4) is 0 Å². The summed E-state index contributed by atoms with van der Waals surface area (Å²) in [6.07, 6.45) is 7.83. The summed E-state index contributed by atoms with van der Waals surface area (Å²) in [5, 5.41) is 0. The Morgan fingerprint density at radius 1 is 1.23 bits per heavy atom. The highest BCUT2D eigenvalue weighted by molar-refractivity contribution is 5.81. The van der Waals surface area contributed by atoms with Crippen molar-refractivity contribution in [2.45, 2.75) is 51.5 Å². The summed E-state index contributed by atoms with van der Waals surface area (Å²) < 4.78 is 0. The fourth-order valence-electron chi connectivity index (χ4n) is 2.89. The Morgan fingerprint density at radius 3 is 2.85 bits per heavy atom. The van der Waals surface area contributed by atoms with Crippen molar-refractivity contribution < 1.29 is 0 Å². The quantitative estimate of drug-likeness (QED) is 0.610. The molecule has 1 saturated carbocycles. The molecule has 0 bridgehead atoms. The number of nitrogens with zero attached hydrogens (tertiary/aromatic N) is 1. The molecule has 0 saturated heterocycles. The summed E-state index contributed by atoms with van der Waals surface area (Å²) in [5.74, 6) is 2.49. The van der Waals surface area contributed by atoms with Crippen molar-refractivity contribution in [1.29, 1.82) is 0 Å². The lowest BCUT2D eigenvalue weighted by molar-refractivity contribution is 0.275. The first-order valence-electron chi connectivity index (χ1n) is 5.59. The van der Waals surface area contributed by atoms with Crippen LogP contribution in [0.5, 0.6) is 0 Å². The van der Waals surface area contributed by atoms with Gasteiger partial charge in [-0.1, -0.05) is 26.2 Å². The van der Waals surface area contributed by atoms with Crippen molar-refractivity contribution in [3.05, 3.63) is 0 Å². The first kappa shape index (κ1) is 9.04. The Kier molecular flexibility index (Phi) is 2.56. The van der Waals surface area contributed by atoms with E-state index in [1.54, 1.807) is 0 Å². The highest BCUT2D eigenvalue weighted by Gasteiger charge is 2.31. The van der Waals surface area contributed by atoms with Crippen LogP contribution in [0.2, 0.25) is 0 Å². The van der Waals surface area contributed by atoms with Gasteiger partial charge in [-0.2, -0.15) is 0 Å². The number of nitrogens with two attached hydrogens (primary N) is 1. The van der Waals surface area contributed by atoms with E-state index in [0.717, 1.165) is 24.1 Å². The summed E-state index contributed by atoms with van der Waals surface area (Å²) in [7, 11) is 0. The van der Waals surface area contributed by atoms with Crippen LogP contribution in [-0.4, -0.2) is 11.9 Å². The molecule has 2 N–H and O–H groups in total. The molecule has 2 aliphatic rings. The molecule has 0 unspecified atom stereocenters. The fourth-order valence-corrected chi connectivity index (χ4v) is 2.89. The Bertz CT molecular complexity index is 210. The second kappa shape index (κ2) is 3.69. The Labute approximate surface area is 80.6 Å². The van der Waals surface area contributed by atoms with E-state index in [-0.39, 0.29) is 0 Å². The minimum absolute atomic E-state index is 0.561. The predicted octanol–water partition coefficient (Wildman–Crippen LogP) is 2.33. The molecule has 13 heavy (non-hydrogen) atoms. The van der Waals surface area contributed by atoms with Gasteiger partial charge < -0.3 is 5.73 Å². The molecule has 0 amide bonds. The van der Waals surface area contributed by atoms with Crippen LogP contribution in [0.1, 0.15) is 45.4 Å². The van der Waals surface area contributed by atoms with Gasteiger partial charge in [0.05, 0.1) is 11.9 Å². The average molecular weight is 180 g/mol. The molecule has 2 nitrogen and oxygen atoms in total. The van der Waals surface area contributed by atoms with Gasteiger partial charge in [0.1, 0.15) is 0 Å². The van der Waals surface area contributed by atoms with Gasteiger partial charge in [-0.05, 0) is 24.7 Å². The smallest absolute Gasteiger partial charge is 0.0943 e. The number of fused-ring (bicyclic) bond motifs is 1. The van der Waals surface area contributed by atoms with Crippen LogP contribution in [0, 0.1) is 11.8 Å². The maximum Gasteiger partial charge on any atom is 0.0943 e. The molecule has 74 valence electrons. The average Bonchev–Trinajstić information content (AvgIpc) is 2.28. The molecular weight excluding hydrogens is 160 g/mol. The minimum Gasteiger partial charge on any atom is -0.387 e. The van der Waals surface area contributed by atoms with Gasteiger partial charge >= 0.3 is 0 Å². The molecule has 3 atom stereocenters. The Balaban J connectivity index is 2.14. The SMILES string of the molecule is C[C@@H]1CC(N)=N[C@@H]2CCCCC[C@H]12. The van der Waals surface area contributed by atoms with Gasteiger partial charge in [0.2, 0.25) is 0 Å². The lowest BCUT2D eigenvalue weighted by Crippen LogP contribution is -2.34. The first-order chi connectivity index (χ1) is 6.27. The lowest BCUT2D eigenvalue weighted by Gasteiger charge is -2.32. The molecule has 1 fully saturated rings. The Morgan fingerprint density at radius 2 is 2.00 bits per heavy atom. The monoisotopic (exact) mass is 180 g/mol. The van der Waals surface area contributed by atoms with E-state index >= 15 is 0 Å².